The Morgan fingerprint density at radius 1 is 1.29 bits per heavy atom. The lowest BCUT2D eigenvalue weighted by atomic mass is 10.1. The summed E-state index contributed by atoms with van der Waals surface area (Å²) in [5.41, 5.74) is 4.44. The number of fused-ring (bicyclic) bond motifs is 1. The minimum absolute atomic E-state index is 0.0166. The van der Waals surface area contributed by atoms with Crippen molar-refractivity contribution in [3.8, 4) is 5.75 Å². The molecule has 0 spiro atoms. The van der Waals surface area contributed by atoms with E-state index < -0.39 is 23.7 Å². The van der Waals surface area contributed by atoms with Crippen LogP contribution < -0.4 is 15.8 Å². The maximum absolute atomic E-state index is 13.2. The molecule has 0 saturated carbocycles. The second kappa shape index (κ2) is 9.47. The number of benzene rings is 1. The summed E-state index contributed by atoms with van der Waals surface area (Å²) in [6.45, 7) is 1.40. The number of primary amides is 1. The van der Waals surface area contributed by atoms with E-state index in [-0.39, 0.29) is 38.8 Å². The lowest BCUT2D eigenvalue weighted by Crippen LogP contribution is -2.18. The van der Waals surface area contributed by atoms with Gasteiger partial charge in [0.2, 0.25) is 0 Å². The molecule has 4 rings (SSSR count). The number of amides is 2. The zero-order chi connectivity index (χ0) is 25.5. The number of rotatable bonds is 6. The Labute approximate surface area is 213 Å². The Balaban J connectivity index is 1.58. The molecule has 14 heteroatoms. The topological polar surface area (TPSA) is 112 Å². The number of anilines is 1. The third-order valence-electron chi connectivity index (χ3n) is 4.73. The zero-order valence-electron chi connectivity index (χ0n) is 17.6. The molecule has 3 aromatic heterocycles. The van der Waals surface area contributed by atoms with E-state index in [1.165, 1.54) is 23.9 Å². The zero-order valence-corrected chi connectivity index (χ0v) is 20.8. The number of hydrogen-bond acceptors (Lipinski definition) is 6. The van der Waals surface area contributed by atoms with Crippen LogP contribution in [0.25, 0.3) is 10.2 Å². The van der Waals surface area contributed by atoms with E-state index in [1.54, 1.807) is 18.2 Å². The molecule has 1 aromatic carbocycles. The Hall–Kier alpha value is -3.16. The van der Waals surface area contributed by atoms with Crippen LogP contribution in [0.15, 0.2) is 41.0 Å². The normalized spacial score (nSPS) is 11.6. The number of aryl methyl sites for hydroxylation is 1. The molecule has 3 N–H and O–H groups in total. The van der Waals surface area contributed by atoms with Crippen LogP contribution in [0.1, 0.15) is 31.4 Å². The molecule has 0 unspecified atom stereocenters. The molecule has 0 aliphatic carbocycles. The van der Waals surface area contributed by atoms with Crippen LogP contribution >= 0.6 is 38.9 Å². The van der Waals surface area contributed by atoms with Gasteiger partial charge in [-0.2, -0.15) is 18.3 Å². The van der Waals surface area contributed by atoms with Crippen molar-refractivity contribution in [2.45, 2.75) is 19.8 Å². The predicted molar refractivity (Wildman–Crippen MR) is 128 cm³/mol. The number of halogens is 5. The molecular weight excluding hydrogens is 575 g/mol. The summed E-state index contributed by atoms with van der Waals surface area (Å²) in [5.74, 6) is -1.10. The van der Waals surface area contributed by atoms with Crippen LogP contribution in [0.2, 0.25) is 5.02 Å². The highest BCUT2D eigenvalue weighted by Crippen LogP contribution is 2.39. The fraction of sp³-hybridized carbons (Fsp3) is 0.143. The fourth-order valence-corrected chi connectivity index (χ4v) is 5.04. The second-order valence-electron chi connectivity index (χ2n) is 7.22. The highest BCUT2D eigenvalue weighted by atomic mass is 79.9. The summed E-state index contributed by atoms with van der Waals surface area (Å²) in [5, 5.41) is 7.40. The molecule has 0 aliphatic rings. The van der Waals surface area contributed by atoms with Crippen molar-refractivity contribution in [1.29, 1.82) is 0 Å². The molecule has 2 amide bonds. The van der Waals surface area contributed by atoms with E-state index in [2.05, 4.69) is 31.3 Å². The number of carbonyl (C=O) groups excluding carboxylic acids is 2. The predicted octanol–water partition coefficient (Wildman–Crippen LogP) is 5.62. The van der Waals surface area contributed by atoms with Gasteiger partial charge < -0.3 is 15.8 Å². The van der Waals surface area contributed by atoms with Crippen LogP contribution in [0.4, 0.5) is 18.9 Å². The van der Waals surface area contributed by atoms with Crippen molar-refractivity contribution in [1.82, 2.24) is 14.8 Å². The van der Waals surface area contributed by atoms with Gasteiger partial charge in [0.25, 0.3) is 11.8 Å². The van der Waals surface area contributed by atoms with E-state index in [1.807, 2.05) is 0 Å². The molecular formula is C21H14BrClF3N5O3S. The van der Waals surface area contributed by atoms with Gasteiger partial charge in [-0.25, -0.2) is 9.67 Å². The van der Waals surface area contributed by atoms with Gasteiger partial charge >= 0.3 is 6.18 Å². The first-order chi connectivity index (χ1) is 16.4. The minimum Gasteiger partial charge on any atom is -0.470 e. The lowest BCUT2D eigenvalue weighted by molar-refractivity contribution is -0.141. The van der Waals surface area contributed by atoms with Gasteiger partial charge in [0.05, 0.1) is 10.2 Å². The van der Waals surface area contributed by atoms with Gasteiger partial charge in [-0.1, -0.05) is 11.6 Å². The average molecular weight is 589 g/mol. The van der Waals surface area contributed by atoms with Gasteiger partial charge in [-0.05, 0) is 58.7 Å². The SMILES string of the molecule is Cc1cc(C(F)(F)F)nc2sc(C(N)=O)c(NC(=O)c3ccn(COc4ccc(Cl)cc4Br)n3)c12. The van der Waals surface area contributed by atoms with E-state index in [0.29, 0.717) is 26.6 Å². The standard InChI is InChI=1S/C21H14BrClF3N5O3S/c1-9-6-14(21(24,25)26)28-20-15(9)16(17(35-20)18(27)32)29-19(33)12-4-5-31(30-12)8-34-13-3-2-10(23)7-11(13)22/h2-7H,8H2,1H3,(H2,27,32)(H,29,33). The third kappa shape index (κ3) is 5.26. The summed E-state index contributed by atoms with van der Waals surface area (Å²) in [7, 11) is 0. The number of nitrogens with two attached hydrogens (primary N) is 1. The van der Waals surface area contributed by atoms with Crippen LogP contribution in [0.3, 0.4) is 0 Å². The number of ether oxygens (including phenoxy) is 1. The second-order valence-corrected chi connectivity index (χ2v) is 9.51. The molecule has 0 radical (unpaired) electrons. The quantitative estimate of drug-likeness (QED) is 0.304. The number of hydrogen-bond donors (Lipinski definition) is 2. The number of nitrogens with one attached hydrogen (secondary N) is 1. The first kappa shape index (κ1) is 24.9. The average Bonchev–Trinajstić information content (AvgIpc) is 3.38. The number of thiophene rings is 1. The van der Waals surface area contributed by atoms with E-state index in [0.717, 1.165) is 6.07 Å². The molecule has 0 fully saturated rings. The summed E-state index contributed by atoms with van der Waals surface area (Å²) in [6, 6.07) is 7.24. The van der Waals surface area contributed by atoms with Crippen molar-refractivity contribution in [2.24, 2.45) is 5.73 Å². The fourth-order valence-electron chi connectivity index (χ4n) is 3.18. The van der Waals surface area contributed by atoms with Crippen LogP contribution in [-0.4, -0.2) is 26.6 Å². The number of aromatic nitrogens is 3. The molecule has 3 heterocycles. The van der Waals surface area contributed by atoms with Crippen LogP contribution in [0, 0.1) is 6.92 Å². The first-order valence-corrected chi connectivity index (χ1v) is 11.7. The van der Waals surface area contributed by atoms with E-state index in [4.69, 9.17) is 22.1 Å². The number of pyridine rings is 1. The molecule has 0 atom stereocenters. The Kier molecular flexibility index (Phi) is 6.75. The summed E-state index contributed by atoms with van der Waals surface area (Å²) in [4.78, 5) is 28.2. The largest absolute Gasteiger partial charge is 0.470 e. The molecule has 4 aromatic rings. The molecule has 182 valence electrons. The minimum atomic E-state index is -4.67. The molecule has 0 bridgehead atoms. The van der Waals surface area contributed by atoms with Crippen molar-refractivity contribution in [3.63, 3.8) is 0 Å². The van der Waals surface area contributed by atoms with Gasteiger partial charge in [-0.15, -0.1) is 11.3 Å². The highest BCUT2D eigenvalue weighted by molar-refractivity contribution is 9.10. The first-order valence-electron chi connectivity index (χ1n) is 9.68. The lowest BCUT2D eigenvalue weighted by Gasteiger charge is -2.09. The van der Waals surface area contributed by atoms with Gasteiger partial charge in [0.1, 0.15) is 21.2 Å². The van der Waals surface area contributed by atoms with Crippen molar-refractivity contribution in [3.05, 3.63) is 67.9 Å². The smallest absolute Gasteiger partial charge is 0.433 e. The Bertz CT molecular complexity index is 1470. The van der Waals surface area contributed by atoms with Gasteiger partial charge in [0, 0.05) is 16.6 Å². The van der Waals surface area contributed by atoms with Gasteiger partial charge in [-0.3, -0.25) is 9.59 Å². The summed E-state index contributed by atoms with van der Waals surface area (Å²) in [6.07, 6.45) is -3.17. The van der Waals surface area contributed by atoms with E-state index in [9.17, 15) is 22.8 Å². The maximum Gasteiger partial charge on any atom is 0.433 e. The summed E-state index contributed by atoms with van der Waals surface area (Å²) < 4.78 is 47.1. The van der Waals surface area contributed by atoms with Crippen molar-refractivity contribution < 1.29 is 27.5 Å². The van der Waals surface area contributed by atoms with E-state index >= 15 is 0 Å². The number of nitrogens with zero attached hydrogens (tertiary/aromatic N) is 3. The monoisotopic (exact) mass is 587 g/mol. The molecule has 8 nitrogen and oxygen atoms in total. The molecule has 35 heavy (non-hydrogen) atoms. The van der Waals surface area contributed by atoms with Crippen molar-refractivity contribution in [2.75, 3.05) is 5.32 Å². The Morgan fingerprint density at radius 2 is 2.03 bits per heavy atom. The molecule has 0 saturated heterocycles. The van der Waals surface area contributed by atoms with Crippen LogP contribution in [-0.2, 0) is 12.9 Å². The summed E-state index contributed by atoms with van der Waals surface area (Å²) >= 11 is 9.91. The Morgan fingerprint density at radius 3 is 2.69 bits per heavy atom. The maximum atomic E-state index is 13.2. The van der Waals surface area contributed by atoms with Crippen molar-refractivity contribution >= 4 is 66.6 Å². The van der Waals surface area contributed by atoms with Crippen LogP contribution in [0.5, 0.6) is 5.75 Å². The van der Waals surface area contributed by atoms with Gasteiger partial charge in [0.15, 0.2) is 12.4 Å². The number of carbonyl (C=O) groups is 2. The highest BCUT2D eigenvalue weighted by Gasteiger charge is 2.34. The molecule has 0 aliphatic heterocycles. The third-order valence-corrected chi connectivity index (χ3v) is 6.68. The number of alkyl halides is 3.